The molecule has 0 unspecified atom stereocenters. The molecule has 0 saturated heterocycles. The second-order valence-electron chi connectivity index (χ2n) is 4.13. The van der Waals surface area contributed by atoms with Crippen molar-refractivity contribution < 1.29 is 9.84 Å². The summed E-state index contributed by atoms with van der Waals surface area (Å²) in [5.74, 6) is 1.22. The van der Waals surface area contributed by atoms with Gasteiger partial charge < -0.3 is 15.6 Å². The lowest BCUT2D eigenvalue weighted by Gasteiger charge is -2.18. The van der Waals surface area contributed by atoms with Gasteiger partial charge in [0.2, 0.25) is 0 Å². The predicted octanol–water partition coefficient (Wildman–Crippen LogP) is 1.47. The van der Waals surface area contributed by atoms with Crippen molar-refractivity contribution in [2.75, 3.05) is 7.11 Å². The summed E-state index contributed by atoms with van der Waals surface area (Å²) in [4.78, 5) is 0. The molecular formula is C12H17NO2. The van der Waals surface area contributed by atoms with Gasteiger partial charge in [-0.05, 0) is 36.5 Å². The summed E-state index contributed by atoms with van der Waals surface area (Å²) < 4.78 is 5.07. The molecule has 82 valence electrons. The highest BCUT2D eigenvalue weighted by molar-refractivity contribution is 5.29. The summed E-state index contributed by atoms with van der Waals surface area (Å²) in [6.07, 6.45) is 1.80. The molecule has 0 aliphatic heterocycles. The minimum atomic E-state index is -0.404. The fourth-order valence-electron chi connectivity index (χ4n) is 1.75. The Labute approximate surface area is 89.9 Å². The molecule has 0 heterocycles. The van der Waals surface area contributed by atoms with Gasteiger partial charge in [-0.3, -0.25) is 0 Å². The van der Waals surface area contributed by atoms with Crippen LogP contribution in [0.1, 0.15) is 24.4 Å². The van der Waals surface area contributed by atoms with Gasteiger partial charge in [-0.2, -0.15) is 0 Å². The smallest absolute Gasteiger partial charge is 0.118 e. The molecule has 0 bridgehead atoms. The van der Waals surface area contributed by atoms with E-state index in [0.717, 1.165) is 24.2 Å². The van der Waals surface area contributed by atoms with Gasteiger partial charge in [0.25, 0.3) is 0 Å². The first-order chi connectivity index (χ1) is 7.22. The number of benzene rings is 1. The van der Waals surface area contributed by atoms with Gasteiger partial charge in [0, 0.05) is 0 Å². The quantitative estimate of drug-likeness (QED) is 0.786. The topological polar surface area (TPSA) is 55.5 Å². The Morgan fingerprint density at radius 1 is 1.33 bits per heavy atom. The van der Waals surface area contributed by atoms with Crippen LogP contribution in [0.5, 0.6) is 5.75 Å². The van der Waals surface area contributed by atoms with Crippen LogP contribution >= 0.6 is 0 Å². The first-order valence-electron chi connectivity index (χ1n) is 5.30. The second-order valence-corrected chi connectivity index (χ2v) is 4.13. The largest absolute Gasteiger partial charge is 0.497 e. The van der Waals surface area contributed by atoms with E-state index < -0.39 is 6.10 Å². The molecule has 1 aromatic carbocycles. The van der Waals surface area contributed by atoms with Crippen LogP contribution in [0.2, 0.25) is 0 Å². The van der Waals surface area contributed by atoms with Crippen molar-refractivity contribution in [2.45, 2.75) is 25.0 Å². The van der Waals surface area contributed by atoms with Gasteiger partial charge >= 0.3 is 0 Å². The summed E-state index contributed by atoms with van der Waals surface area (Å²) >= 11 is 0. The summed E-state index contributed by atoms with van der Waals surface area (Å²) in [5.41, 5.74) is 6.95. The molecule has 0 radical (unpaired) electrons. The minimum Gasteiger partial charge on any atom is -0.497 e. The zero-order valence-corrected chi connectivity index (χ0v) is 8.89. The maximum Gasteiger partial charge on any atom is 0.118 e. The van der Waals surface area contributed by atoms with E-state index >= 15 is 0 Å². The van der Waals surface area contributed by atoms with E-state index in [0.29, 0.717) is 5.92 Å². The van der Waals surface area contributed by atoms with Crippen LogP contribution in [0, 0.1) is 5.92 Å². The van der Waals surface area contributed by atoms with Crippen LogP contribution in [-0.4, -0.2) is 18.3 Å². The molecule has 3 N–H and O–H groups in total. The molecule has 0 aromatic heterocycles. The third-order valence-electron chi connectivity index (χ3n) is 2.97. The van der Waals surface area contributed by atoms with Crippen molar-refractivity contribution in [1.82, 2.24) is 0 Å². The lowest BCUT2D eigenvalue weighted by Crippen LogP contribution is -2.27. The number of rotatable bonds is 4. The van der Waals surface area contributed by atoms with Crippen molar-refractivity contribution >= 4 is 0 Å². The molecule has 15 heavy (non-hydrogen) atoms. The monoisotopic (exact) mass is 207 g/mol. The predicted molar refractivity (Wildman–Crippen MR) is 58.7 cm³/mol. The zero-order chi connectivity index (χ0) is 10.8. The molecule has 2 rings (SSSR count). The standard InChI is InChI=1S/C12H17NO2/c1-15-10-6-4-8(5-7-10)11(13)12(14)9-2-3-9/h4-7,9,11-12,14H,2-3,13H2,1H3/t11-,12+/m0/s1. The third-order valence-corrected chi connectivity index (χ3v) is 2.97. The molecule has 3 nitrogen and oxygen atoms in total. The first kappa shape index (κ1) is 10.5. The fraction of sp³-hybridized carbons (Fsp3) is 0.500. The van der Waals surface area contributed by atoms with Gasteiger partial charge in [-0.25, -0.2) is 0 Å². The Kier molecular flexibility index (Phi) is 2.93. The molecule has 0 amide bonds. The lowest BCUT2D eigenvalue weighted by molar-refractivity contribution is 0.122. The maximum absolute atomic E-state index is 9.88. The van der Waals surface area contributed by atoms with Crippen molar-refractivity contribution in [2.24, 2.45) is 11.7 Å². The average Bonchev–Trinajstić information content (AvgIpc) is 3.11. The van der Waals surface area contributed by atoms with E-state index in [1.807, 2.05) is 24.3 Å². The van der Waals surface area contributed by atoms with Crippen LogP contribution in [0.25, 0.3) is 0 Å². The first-order valence-corrected chi connectivity index (χ1v) is 5.30. The van der Waals surface area contributed by atoms with Crippen LogP contribution in [0.15, 0.2) is 24.3 Å². The van der Waals surface area contributed by atoms with Gasteiger partial charge in [0.05, 0.1) is 19.3 Å². The normalized spacial score (nSPS) is 19.7. The minimum absolute atomic E-state index is 0.275. The average molecular weight is 207 g/mol. The lowest BCUT2D eigenvalue weighted by atomic mass is 9.99. The van der Waals surface area contributed by atoms with Crippen LogP contribution in [0.3, 0.4) is 0 Å². The molecule has 1 aromatic rings. The van der Waals surface area contributed by atoms with E-state index in [-0.39, 0.29) is 6.04 Å². The van der Waals surface area contributed by atoms with Crippen LogP contribution in [0.4, 0.5) is 0 Å². The molecule has 1 saturated carbocycles. The molecule has 3 heteroatoms. The SMILES string of the molecule is COc1ccc([C@H](N)[C@H](O)C2CC2)cc1. The van der Waals surface area contributed by atoms with Crippen molar-refractivity contribution in [3.8, 4) is 5.75 Å². The van der Waals surface area contributed by atoms with E-state index in [9.17, 15) is 5.11 Å². The zero-order valence-electron chi connectivity index (χ0n) is 8.89. The second kappa shape index (κ2) is 4.21. The highest BCUT2D eigenvalue weighted by Crippen LogP contribution is 2.37. The van der Waals surface area contributed by atoms with Crippen LogP contribution < -0.4 is 10.5 Å². The summed E-state index contributed by atoms with van der Waals surface area (Å²) in [7, 11) is 1.63. The summed E-state index contributed by atoms with van der Waals surface area (Å²) in [6, 6.07) is 7.29. The van der Waals surface area contributed by atoms with Gasteiger partial charge in [-0.1, -0.05) is 12.1 Å². The van der Waals surface area contributed by atoms with Gasteiger partial charge in [0.15, 0.2) is 0 Å². The third kappa shape index (κ3) is 2.30. The molecule has 1 aliphatic rings. The Balaban J connectivity index is 2.07. The molecule has 0 spiro atoms. The van der Waals surface area contributed by atoms with E-state index in [1.54, 1.807) is 7.11 Å². The highest BCUT2D eigenvalue weighted by atomic mass is 16.5. The number of hydrogen-bond donors (Lipinski definition) is 2. The molecular weight excluding hydrogens is 190 g/mol. The molecule has 1 fully saturated rings. The van der Waals surface area contributed by atoms with Crippen molar-refractivity contribution in [3.63, 3.8) is 0 Å². The maximum atomic E-state index is 9.88. The summed E-state index contributed by atoms with van der Waals surface area (Å²) in [5, 5.41) is 9.88. The Morgan fingerprint density at radius 2 is 1.93 bits per heavy atom. The fourth-order valence-corrected chi connectivity index (χ4v) is 1.75. The van der Waals surface area contributed by atoms with Crippen molar-refractivity contribution in [1.29, 1.82) is 0 Å². The Morgan fingerprint density at radius 3 is 2.40 bits per heavy atom. The number of methoxy groups -OCH3 is 1. The molecule has 1 aliphatic carbocycles. The van der Waals surface area contributed by atoms with Gasteiger partial charge in [-0.15, -0.1) is 0 Å². The number of hydrogen-bond acceptors (Lipinski definition) is 3. The Hall–Kier alpha value is -1.06. The van der Waals surface area contributed by atoms with E-state index in [2.05, 4.69) is 0 Å². The van der Waals surface area contributed by atoms with Crippen molar-refractivity contribution in [3.05, 3.63) is 29.8 Å². The number of ether oxygens (including phenoxy) is 1. The number of nitrogens with two attached hydrogens (primary N) is 1. The van der Waals surface area contributed by atoms with E-state index in [4.69, 9.17) is 10.5 Å². The van der Waals surface area contributed by atoms with E-state index in [1.165, 1.54) is 0 Å². The number of aliphatic hydroxyl groups excluding tert-OH is 1. The van der Waals surface area contributed by atoms with Crippen LogP contribution in [-0.2, 0) is 0 Å². The Bertz CT molecular complexity index is 319. The van der Waals surface area contributed by atoms with Gasteiger partial charge in [0.1, 0.15) is 5.75 Å². The summed E-state index contributed by atoms with van der Waals surface area (Å²) in [6.45, 7) is 0. The number of aliphatic hydroxyl groups is 1. The molecule has 2 atom stereocenters. The highest BCUT2D eigenvalue weighted by Gasteiger charge is 2.34.